The third-order valence-corrected chi connectivity index (χ3v) is 5.72. The van der Waals surface area contributed by atoms with E-state index in [1.54, 1.807) is 23.9 Å². The highest BCUT2D eigenvalue weighted by atomic mass is 19.4. The molecule has 2 aromatic heterocycles. The number of fused-ring (bicyclic) bond motifs is 1. The van der Waals surface area contributed by atoms with Gasteiger partial charge >= 0.3 is 6.18 Å². The van der Waals surface area contributed by atoms with E-state index in [4.69, 9.17) is 5.73 Å². The van der Waals surface area contributed by atoms with E-state index in [-0.39, 0.29) is 47.4 Å². The Morgan fingerprint density at radius 3 is 2.61 bits per heavy atom. The lowest BCUT2D eigenvalue weighted by Gasteiger charge is -2.32. The highest BCUT2D eigenvalue weighted by Gasteiger charge is 2.36. The van der Waals surface area contributed by atoms with Gasteiger partial charge in [0.25, 0.3) is 5.91 Å². The molecular formula is C23H22F3N5O2. The van der Waals surface area contributed by atoms with Gasteiger partial charge in [0.1, 0.15) is 11.5 Å². The average molecular weight is 457 g/mol. The van der Waals surface area contributed by atoms with E-state index in [0.29, 0.717) is 11.3 Å². The molecule has 0 saturated heterocycles. The molecule has 172 valence electrons. The minimum atomic E-state index is -4.47. The summed E-state index contributed by atoms with van der Waals surface area (Å²) in [6, 6.07) is 5.02. The molecule has 0 spiro atoms. The number of hydrogen-bond acceptors (Lipinski definition) is 5. The van der Waals surface area contributed by atoms with Gasteiger partial charge in [-0.15, -0.1) is 0 Å². The highest BCUT2D eigenvalue weighted by molar-refractivity contribution is 6.08. The first kappa shape index (κ1) is 22.5. The molecule has 0 radical (unpaired) electrons. The highest BCUT2D eigenvalue weighted by Crippen LogP contribution is 2.35. The predicted molar refractivity (Wildman–Crippen MR) is 116 cm³/mol. The molecule has 1 amide bonds. The van der Waals surface area contributed by atoms with E-state index in [2.05, 4.69) is 10.1 Å². The van der Waals surface area contributed by atoms with E-state index < -0.39 is 17.6 Å². The maximum absolute atomic E-state index is 13.4. The third-order valence-electron chi connectivity index (χ3n) is 5.72. The maximum Gasteiger partial charge on any atom is 0.416 e. The zero-order valence-corrected chi connectivity index (χ0v) is 18.3. The number of benzene rings is 1. The Morgan fingerprint density at radius 1 is 1.21 bits per heavy atom. The fourth-order valence-electron chi connectivity index (χ4n) is 4.08. The Morgan fingerprint density at radius 2 is 1.94 bits per heavy atom. The molecule has 1 aromatic carbocycles. The van der Waals surface area contributed by atoms with Crippen LogP contribution in [0.15, 0.2) is 36.7 Å². The van der Waals surface area contributed by atoms with Gasteiger partial charge in [-0.1, -0.05) is 0 Å². The Hall–Kier alpha value is -3.69. The number of carbonyl (C=O) groups is 2. The van der Waals surface area contributed by atoms with Crippen molar-refractivity contribution in [3.8, 4) is 0 Å². The summed E-state index contributed by atoms with van der Waals surface area (Å²) in [6.45, 7) is 5.24. The summed E-state index contributed by atoms with van der Waals surface area (Å²) in [7, 11) is 0. The largest absolute Gasteiger partial charge is 0.416 e. The second-order valence-corrected chi connectivity index (χ2v) is 8.27. The fourth-order valence-corrected chi connectivity index (χ4v) is 4.08. The van der Waals surface area contributed by atoms with Crippen LogP contribution in [-0.4, -0.2) is 33.0 Å². The topological polar surface area (TPSA) is 94.1 Å². The number of hydrogen-bond donors (Lipinski definition) is 1. The first-order valence-electron chi connectivity index (χ1n) is 10.3. The number of halogens is 3. The first-order valence-corrected chi connectivity index (χ1v) is 10.3. The number of aryl methyl sites for hydroxylation is 2. The minimum Gasteiger partial charge on any atom is -0.383 e. The van der Waals surface area contributed by atoms with Crippen molar-refractivity contribution in [1.29, 1.82) is 0 Å². The lowest BCUT2D eigenvalue weighted by atomic mass is 10.0. The van der Waals surface area contributed by atoms with E-state index >= 15 is 0 Å². The van der Waals surface area contributed by atoms with Crippen LogP contribution in [0.1, 0.15) is 56.1 Å². The fraction of sp³-hybridized carbons (Fsp3) is 0.304. The molecule has 10 heteroatoms. The predicted octanol–water partition coefficient (Wildman–Crippen LogP) is 4.14. The van der Waals surface area contributed by atoms with E-state index in [9.17, 15) is 22.8 Å². The Bertz CT molecular complexity index is 1270. The Kier molecular flexibility index (Phi) is 5.47. The number of alkyl halides is 3. The zero-order chi connectivity index (χ0) is 24.1. The van der Waals surface area contributed by atoms with Crippen LogP contribution in [0.25, 0.3) is 0 Å². The number of ketones is 1. The number of nitrogen functional groups attached to an aromatic ring is 1. The van der Waals surface area contributed by atoms with E-state index in [1.165, 1.54) is 30.2 Å². The van der Waals surface area contributed by atoms with Crippen molar-refractivity contribution in [1.82, 2.24) is 14.8 Å². The first-order chi connectivity index (χ1) is 15.5. The van der Waals surface area contributed by atoms with Crippen molar-refractivity contribution < 1.29 is 22.8 Å². The molecule has 2 N–H and O–H groups in total. The van der Waals surface area contributed by atoms with Gasteiger partial charge in [-0.3, -0.25) is 14.3 Å². The number of anilines is 2. The van der Waals surface area contributed by atoms with Gasteiger partial charge < -0.3 is 10.6 Å². The number of pyridine rings is 1. The van der Waals surface area contributed by atoms with E-state index in [0.717, 1.165) is 11.6 Å². The maximum atomic E-state index is 13.4. The molecule has 4 rings (SSSR count). The summed E-state index contributed by atoms with van der Waals surface area (Å²) in [5.74, 6) is -0.626. The summed E-state index contributed by atoms with van der Waals surface area (Å²) in [5, 5.41) is 4.29. The van der Waals surface area contributed by atoms with Crippen molar-refractivity contribution in [2.75, 3.05) is 17.2 Å². The minimum absolute atomic E-state index is 0.0253. The summed E-state index contributed by atoms with van der Waals surface area (Å²) in [5.41, 5.74) is 7.19. The van der Waals surface area contributed by atoms with Crippen LogP contribution in [0.3, 0.4) is 0 Å². The normalized spacial score (nSPS) is 16.1. The summed E-state index contributed by atoms with van der Waals surface area (Å²) in [6.07, 6.45) is -1.55. The second-order valence-electron chi connectivity index (χ2n) is 8.27. The molecular weight excluding hydrogens is 435 g/mol. The van der Waals surface area contributed by atoms with Crippen molar-refractivity contribution in [3.05, 3.63) is 70.2 Å². The monoisotopic (exact) mass is 457 g/mol. The number of rotatable bonds is 4. The van der Waals surface area contributed by atoms with Gasteiger partial charge in [-0.05, 0) is 56.2 Å². The molecule has 1 aliphatic rings. The summed E-state index contributed by atoms with van der Waals surface area (Å²) >= 11 is 0. The zero-order valence-electron chi connectivity index (χ0n) is 18.3. The molecule has 0 bridgehead atoms. The number of nitrogens with zero attached hydrogens (tertiary/aromatic N) is 4. The summed E-state index contributed by atoms with van der Waals surface area (Å²) < 4.78 is 41.0. The van der Waals surface area contributed by atoms with Gasteiger partial charge in [0.15, 0.2) is 5.78 Å². The lowest BCUT2D eigenvalue weighted by Crippen LogP contribution is -2.43. The molecule has 3 heterocycles. The lowest BCUT2D eigenvalue weighted by molar-refractivity contribution is -0.138. The van der Waals surface area contributed by atoms with Crippen LogP contribution in [0, 0.1) is 13.8 Å². The quantitative estimate of drug-likeness (QED) is 0.595. The van der Waals surface area contributed by atoms with Crippen LogP contribution in [0.4, 0.5) is 24.7 Å². The van der Waals surface area contributed by atoms with Crippen molar-refractivity contribution in [2.45, 2.75) is 39.4 Å². The average Bonchev–Trinajstić information content (AvgIpc) is 3.15. The van der Waals surface area contributed by atoms with E-state index in [1.807, 2.05) is 6.92 Å². The third kappa shape index (κ3) is 4.08. The van der Waals surface area contributed by atoms with Crippen LogP contribution >= 0.6 is 0 Å². The van der Waals surface area contributed by atoms with Crippen LogP contribution < -0.4 is 10.6 Å². The van der Waals surface area contributed by atoms with Gasteiger partial charge in [-0.2, -0.15) is 18.3 Å². The molecule has 3 aromatic rings. The molecule has 33 heavy (non-hydrogen) atoms. The number of carbonyl (C=O) groups excluding carboxylic acids is 2. The van der Waals surface area contributed by atoms with Crippen LogP contribution in [0.5, 0.6) is 0 Å². The second kappa shape index (κ2) is 8.02. The van der Waals surface area contributed by atoms with Gasteiger partial charge in [0.2, 0.25) is 0 Å². The molecule has 0 fully saturated rings. The van der Waals surface area contributed by atoms with Gasteiger partial charge in [0.05, 0.1) is 23.4 Å². The molecule has 0 unspecified atom stereocenters. The Labute approximate surface area is 188 Å². The standard InChI is InChI=1S/C23H22F3N5O2/c1-12-6-17(21(27)28-9-12)19(32)8-15-10-29-31-14(3)11-30(22(33)20(15)31)16-4-5-18(13(2)7-16)23(24,25)26/h4-7,9-10,14H,8,11H2,1-3H3,(H2,27,28)/t14-/m0/s1. The van der Waals surface area contributed by atoms with Crippen molar-refractivity contribution >= 4 is 23.2 Å². The summed E-state index contributed by atoms with van der Waals surface area (Å²) in [4.78, 5) is 31.7. The van der Waals surface area contributed by atoms with Crippen LogP contribution in [0.2, 0.25) is 0 Å². The van der Waals surface area contributed by atoms with Gasteiger partial charge in [-0.25, -0.2) is 4.98 Å². The number of aromatic nitrogens is 3. The van der Waals surface area contributed by atoms with Crippen molar-refractivity contribution in [2.24, 2.45) is 0 Å². The number of nitrogens with two attached hydrogens (primary N) is 1. The Balaban J connectivity index is 1.67. The number of amides is 1. The molecule has 7 nitrogen and oxygen atoms in total. The number of Topliss-reactive ketones (excluding diaryl/α,β-unsaturated/α-hetero) is 1. The molecule has 0 aliphatic carbocycles. The van der Waals surface area contributed by atoms with Crippen molar-refractivity contribution in [3.63, 3.8) is 0 Å². The SMILES string of the molecule is Cc1cnc(N)c(C(=O)Cc2cnn3c2C(=O)N(c2ccc(C(F)(F)F)c(C)c2)C[C@@H]3C)c1. The molecule has 0 saturated carbocycles. The van der Waals surface area contributed by atoms with Crippen LogP contribution in [-0.2, 0) is 12.6 Å². The smallest absolute Gasteiger partial charge is 0.383 e. The molecule has 1 aliphatic heterocycles. The molecule has 1 atom stereocenters. The van der Waals surface area contributed by atoms with Gasteiger partial charge in [0, 0.05) is 30.4 Å².